The molecule has 0 spiro atoms. The molecule has 16 nitrogen and oxygen atoms in total. The van der Waals surface area contributed by atoms with E-state index in [2.05, 4.69) is 17.2 Å². The third-order valence-electron chi connectivity index (χ3n) is 12.5. The monoisotopic (exact) mass is 950 g/mol. The zero-order chi connectivity index (χ0) is 51.0. The Balaban J connectivity index is 1.76. The van der Waals surface area contributed by atoms with Crippen molar-refractivity contribution in [2.45, 2.75) is 149 Å². The van der Waals surface area contributed by atoms with Gasteiger partial charge in [-0.1, -0.05) is 96.2 Å². The minimum absolute atomic E-state index is 0.0974. The van der Waals surface area contributed by atoms with E-state index in [1.54, 1.807) is 51.8 Å². The lowest BCUT2D eigenvalue weighted by Crippen LogP contribution is -2.59. The van der Waals surface area contributed by atoms with Gasteiger partial charge >= 0.3 is 12.1 Å². The molecule has 0 bridgehead atoms. The highest BCUT2D eigenvalue weighted by atomic mass is 16.7. The quantitative estimate of drug-likeness (QED) is 0.0678. The van der Waals surface area contributed by atoms with Crippen LogP contribution in [0.2, 0.25) is 0 Å². The van der Waals surface area contributed by atoms with Crippen LogP contribution in [0.1, 0.15) is 99.1 Å². The number of nitrogens with zero attached hydrogens (tertiary/aromatic N) is 3. The van der Waals surface area contributed by atoms with Crippen LogP contribution >= 0.6 is 0 Å². The van der Waals surface area contributed by atoms with Crippen molar-refractivity contribution in [3.05, 3.63) is 77.9 Å². The fourth-order valence-electron chi connectivity index (χ4n) is 8.92. The second-order valence-electron chi connectivity index (χ2n) is 19.5. The third-order valence-corrected chi connectivity index (χ3v) is 12.5. The first-order valence-corrected chi connectivity index (χ1v) is 23.7. The van der Waals surface area contributed by atoms with Gasteiger partial charge in [-0.15, -0.1) is 0 Å². The summed E-state index contributed by atoms with van der Waals surface area (Å²) in [4.78, 5) is 87.1. The smallest absolute Gasteiger partial charge is 0.467 e. The predicted octanol–water partition coefficient (Wildman–Crippen LogP) is 6.34. The highest BCUT2D eigenvalue weighted by Crippen LogP contribution is 2.30. The number of likely N-dealkylation sites (tertiary alicyclic amines) is 1. The van der Waals surface area contributed by atoms with Gasteiger partial charge in [0.15, 0.2) is 0 Å². The lowest BCUT2D eigenvalue weighted by Gasteiger charge is -2.39. The molecule has 1 aliphatic rings. The highest BCUT2D eigenvalue weighted by Gasteiger charge is 2.43. The summed E-state index contributed by atoms with van der Waals surface area (Å²) in [6.07, 6.45) is -0.389. The topological polar surface area (TPSA) is 182 Å². The van der Waals surface area contributed by atoms with Crippen LogP contribution in [0.3, 0.4) is 0 Å². The first kappa shape index (κ1) is 57.0. The van der Waals surface area contributed by atoms with Gasteiger partial charge in [-0.05, 0) is 82.2 Å². The number of methoxy groups -OCH3 is 3. The zero-order valence-corrected chi connectivity index (χ0v) is 43.0. The van der Waals surface area contributed by atoms with Gasteiger partial charge < -0.3 is 44.1 Å². The van der Waals surface area contributed by atoms with Gasteiger partial charge in [-0.25, -0.2) is 9.59 Å². The molecule has 1 aliphatic heterocycles. The first-order valence-electron chi connectivity index (χ1n) is 23.7. The molecular weight excluding hydrogens is 871 g/mol. The zero-order valence-electron chi connectivity index (χ0n) is 43.0. The summed E-state index contributed by atoms with van der Waals surface area (Å²) in [5.41, 5.74) is 1.71. The average molecular weight is 950 g/mol. The number of rotatable bonds is 24. The Hall–Kier alpha value is -5.32. The van der Waals surface area contributed by atoms with Crippen molar-refractivity contribution in [1.29, 1.82) is 0 Å². The maximum absolute atomic E-state index is 14.6. The minimum atomic E-state index is -0.922. The molecule has 8 atom stereocenters. The predicted molar refractivity (Wildman–Crippen MR) is 260 cm³/mol. The molecule has 1 saturated heterocycles. The standard InChI is InChI=1S/C52H79N5O11/c1-16-34(6)45(41(64-13)30-42(58)57-28-20-23-40(57)46(65-14)35(7)47(59)53-39(50(62)66-15)29-36-21-18-17-19-22-36)56(12)49(61)43(32(2)3)54-48(60)44(33(4)5)55(11)31-37-24-26-38(27-25-37)67-51(63)68-52(8,9)10/h17-19,21-22,24-27,32-33,35,39-41,43-46H,6,16,20,23,28-31H2,1-5,7-15H3,(H,53,59)(H,54,60)/t35-,39+,40+,41-,43+,44+,45+,46-/m1/s1. The molecule has 2 aromatic carbocycles. The van der Waals surface area contributed by atoms with Crippen LogP contribution in [0.4, 0.5) is 4.79 Å². The van der Waals surface area contributed by atoms with Crippen LogP contribution in [0.25, 0.3) is 0 Å². The van der Waals surface area contributed by atoms with Gasteiger partial charge in [0.1, 0.15) is 23.4 Å². The van der Waals surface area contributed by atoms with E-state index in [9.17, 15) is 28.8 Å². The lowest BCUT2D eigenvalue weighted by atomic mass is 9.92. The van der Waals surface area contributed by atoms with Crippen molar-refractivity contribution in [2.75, 3.05) is 42.0 Å². The van der Waals surface area contributed by atoms with Crippen molar-refractivity contribution < 1.29 is 52.5 Å². The normalized spacial score (nSPS) is 17.1. The summed E-state index contributed by atoms with van der Waals surface area (Å²) in [7, 11) is 7.77. The summed E-state index contributed by atoms with van der Waals surface area (Å²) in [5.74, 6) is -2.74. The number of ether oxygens (including phenoxy) is 5. The van der Waals surface area contributed by atoms with Crippen LogP contribution in [0.5, 0.6) is 5.75 Å². The van der Waals surface area contributed by atoms with Crippen molar-refractivity contribution in [3.63, 3.8) is 0 Å². The van der Waals surface area contributed by atoms with Gasteiger partial charge in [0.25, 0.3) is 0 Å². The Morgan fingerprint density at radius 3 is 1.99 bits per heavy atom. The second-order valence-corrected chi connectivity index (χ2v) is 19.5. The number of esters is 1. The Bertz CT molecular complexity index is 1990. The molecule has 3 rings (SSSR count). The molecule has 0 aromatic heterocycles. The first-order chi connectivity index (χ1) is 32.0. The molecule has 1 heterocycles. The minimum Gasteiger partial charge on any atom is -0.467 e. The molecule has 378 valence electrons. The highest BCUT2D eigenvalue weighted by molar-refractivity contribution is 5.90. The van der Waals surface area contributed by atoms with Gasteiger partial charge in [0.05, 0.1) is 49.8 Å². The maximum Gasteiger partial charge on any atom is 0.514 e. The van der Waals surface area contributed by atoms with E-state index in [1.165, 1.54) is 26.2 Å². The van der Waals surface area contributed by atoms with Gasteiger partial charge in [0.2, 0.25) is 23.6 Å². The van der Waals surface area contributed by atoms with Crippen LogP contribution in [0, 0.1) is 17.8 Å². The Kier molecular flexibility index (Phi) is 22.2. The van der Waals surface area contributed by atoms with Crippen molar-refractivity contribution in [2.24, 2.45) is 17.8 Å². The van der Waals surface area contributed by atoms with Gasteiger partial charge in [-0.2, -0.15) is 0 Å². The van der Waals surface area contributed by atoms with E-state index in [1.807, 2.05) is 89.0 Å². The van der Waals surface area contributed by atoms with Crippen LogP contribution in [0.15, 0.2) is 66.7 Å². The number of benzene rings is 2. The molecule has 2 aromatic rings. The van der Waals surface area contributed by atoms with Crippen LogP contribution in [-0.4, -0.2) is 140 Å². The number of likely N-dealkylation sites (N-methyl/N-ethyl adjacent to an activating group) is 2. The van der Waals surface area contributed by atoms with E-state index in [0.29, 0.717) is 43.7 Å². The largest absolute Gasteiger partial charge is 0.514 e. The molecule has 68 heavy (non-hydrogen) atoms. The Morgan fingerprint density at radius 1 is 0.824 bits per heavy atom. The lowest BCUT2D eigenvalue weighted by molar-refractivity contribution is -0.147. The van der Waals surface area contributed by atoms with Crippen molar-refractivity contribution in [1.82, 2.24) is 25.3 Å². The van der Waals surface area contributed by atoms with Crippen molar-refractivity contribution >= 4 is 35.8 Å². The third kappa shape index (κ3) is 16.2. The molecule has 16 heteroatoms. The molecule has 0 unspecified atom stereocenters. The maximum atomic E-state index is 14.6. The van der Waals surface area contributed by atoms with Crippen LogP contribution in [-0.2, 0) is 55.9 Å². The summed E-state index contributed by atoms with van der Waals surface area (Å²) in [6.45, 7) is 21.7. The summed E-state index contributed by atoms with van der Waals surface area (Å²) < 4.78 is 27.5. The van der Waals surface area contributed by atoms with E-state index in [-0.39, 0.29) is 42.4 Å². The molecule has 2 N–H and O–H groups in total. The Morgan fingerprint density at radius 2 is 1.46 bits per heavy atom. The number of hydrogen-bond acceptors (Lipinski definition) is 12. The molecule has 1 fully saturated rings. The molecule has 0 saturated carbocycles. The number of hydrogen-bond donors (Lipinski definition) is 2. The molecule has 0 aliphatic carbocycles. The van der Waals surface area contributed by atoms with E-state index < -0.39 is 72.0 Å². The summed E-state index contributed by atoms with van der Waals surface area (Å²) in [5, 5.41) is 5.92. The fourth-order valence-corrected chi connectivity index (χ4v) is 8.92. The molecule has 0 radical (unpaired) electrons. The fraction of sp³-hybridized carbons (Fsp3) is 0.615. The molecular formula is C52H79N5O11. The Labute approximate surface area is 404 Å². The summed E-state index contributed by atoms with van der Waals surface area (Å²) in [6, 6.07) is 12.7. The molecule has 4 amide bonds. The summed E-state index contributed by atoms with van der Waals surface area (Å²) >= 11 is 0. The van der Waals surface area contributed by atoms with Gasteiger partial charge in [0, 0.05) is 40.8 Å². The van der Waals surface area contributed by atoms with Gasteiger partial charge in [-0.3, -0.25) is 24.1 Å². The SMILES string of the molecule is C=C(CC)[C@@H]([C@@H](CC(=O)N1CCC[C@H]1[C@H](OC)[C@@H](C)C(=O)N[C@@H](Cc1ccccc1)C(=O)OC)OC)N(C)C(=O)[C@@H](NC(=O)[C@H](C(C)C)N(C)Cc1ccc(OC(=O)OC(C)(C)C)cc1)C(C)C. The van der Waals surface area contributed by atoms with E-state index in [0.717, 1.165) is 11.1 Å². The van der Waals surface area contributed by atoms with E-state index >= 15 is 0 Å². The number of amides is 4. The number of carbonyl (C=O) groups excluding carboxylic acids is 6. The number of carbonyl (C=O) groups is 6. The van der Waals surface area contributed by atoms with Crippen molar-refractivity contribution in [3.8, 4) is 5.75 Å². The number of nitrogens with one attached hydrogen (secondary N) is 2. The van der Waals surface area contributed by atoms with E-state index in [4.69, 9.17) is 23.7 Å². The average Bonchev–Trinajstić information content (AvgIpc) is 3.77. The second kappa shape index (κ2) is 26.4. The van der Waals surface area contributed by atoms with Crippen LogP contribution < -0.4 is 15.4 Å².